The summed E-state index contributed by atoms with van der Waals surface area (Å²) in [5, 5.41) is 7.12. The van der Waals surface area contributed by atoms with Crippen LogP contribution < -0.4 is 10.6 Å². The van der Waals surface area contributed by atoms with E-state index >= 15 is 0 Å². The maximum Gasteiger partial charge on any atom is 0.403 e. The van der Waals surface area contributed by atoms with Crippen molar-refractivity contribution in [3.63, 3.8) is 0 Å². The van der Waals surface area contributed by atoms with Crippen LogP contribution in [0.2, 0.25) is 5.02 Å². The van der Waals surface area contributed by atoms with Crippen LogP contribution in [0, 0.1) is 0 Å². The van der Waals surface area contributed by atoms with Crippen LogP contribution in [0.15, 0.2) is 29.6 Å². The van der Waals surface area contributed by atoms with E-state index in [2.05, 4.69) is 10.6 Å². The number of benzene rings is 1. The van der Waals surface area contributed by atoms with Crippen LogP contribution in [-0.4, -0.2) is 24.4 Å². The van der Waals surface area contributed by atoms with Crippen LogP contribution in [0.1, 0.15) is 33.1 Å². The van der Waals surface area contributed by atoms with Crippen LogP contribution >= 0.6 is 22.9 Å². The van der Waals surface area contributed by atoms with Gasteiger partial charge in [-0.05, 0) is 41.6 Å². The number of anilines is 1. The van der Waals surface area contributed by atoms with E-state index in [1.54, 1.807) is 23.6 Å². The second-order valence-corrected chi connectivity index (χ2v) is 7.72. The largest absolute Gasteiger partial charge is 0.403 e. The molecule has 3 atom stereocenters. The van der Waals surface area contributed by atoms with Gasteiger partial charge in [-0.15, -0.1) is 11.3 Å². The number of hydrogen-bond donors (Lipinski definition) is 2. The molecule has 0 unspecified atom stereocenters. The van der Waals surface area contributed by atoms with E-state index in [1.807, 2.05) is 0 Å². The van der Waals surface area contributed by atoms with Gasteiger partial charge in [0.25, 0.3) is 0 Å². The molecule has 4 rings (SSSR count). The Hall–Kier alpha value is -1.90. The molecular formula is C17H12ClF3N2O2S. The highest BCUT2D eigenvalue weighted by Gasteiger charge is 2.63. The van der Waals surface area contributed by atoms with Gasteiger partial charge in [0.1, 0.15) is 11.6 Å². The summed E-state index contributed by atoms with van der Waals surface area (Å²) >= 11 is 7.19. The number of alkyl halides is 3. The third-order valence-electron chi connectivity index (χ3n) is 5.01. The zero-order valence-electron chi connectivity index (χ0n) is 13.1. The van der Waals surface area contributed by atoms with Crippen molar-refractivity contribution in [2.24, 2.45) is 0 Å². The van der Waals surface area contributed by atoms with Crippen LogP contribution in [0.4, 0.5) is 18.9 Å². The molecule has 2 aliphatic heterocycles. The Kier molecular flexibility index (Phi) is 3.91. The lowest BCUT2D eigenvalue weighted by molar-refractivity contribution is -0.154. The lowest BCUT2D eigenvalue weighted by atomic mass is 9.76. The molecule has 136 valence electrons. The normalized spacial score (nSPS) is 27.6. The Bertz CT molecular complexity index is 914. The van der Waals surface area contributed by atoms with Gasteiger partial charge >= 0.3 is 6.18 Å². The summed E-state index contributed by atoms with van der Waals surface area (Å²) in [5.41, 5.74) is -0.399. The number of hydrogen-bond acceptors (Lipinski definition) is 4. The number of fused-ring (bicyclic) bond motifs is 2. The summed E-state index contributed by atoms with van der Waals surface area (Å²) in [6, 6.07) is 4.37. The van der Waals surface area contributed by atoms with E-state index in [-0.39, 0.29) is 6.42 Å². The first-order chi connectivity index (χ1) is 12.3. The predicted octanol–water partition coefficient (Wildman–Crippen LogP) is 4.07. The Morgan fingerprint density at radius 1 is 1.31 bits per heavy atom. The third kappa shape index (κ3) is 2.39. The van der Waals surface area contributed by atoms with Crippen molar-refractivity contribution in [3.05, 3.63) is 50.7 Å². The molecule has 9 heteroatoms. The molecule has 2 N–H and O–H groups in total. The van der Waals surface area contributed by atoms with Gasteiger partial charge in [0.2, 0.25) is 5.91 Å². The Balaban J connectivity index is 1.93. The molecule has 1 fully saturated rings. The topological polar surface area (TPSA) is 58.2 Å². The summed E-state index contributed by atoms with van der Waals surface area (Å²) in [6.07, 6.45) is -4.26. The van der Waals surface area contributed by atoms with E-state index in [9.17, 15) is 22.8 Å². The maximum absolute atomic E-state index is 13.5. The van der Waals surface area contributed by atoms with Crippen LogP contribution in [-0.2, 0) is 10.3 Å². The molecule has 2 aliphatic rings. The second kappa shape index (κ2) is 5.80. The number of halogens is 4. The molecule has 0 saturated carbocycles. The average Bonchev–Trinajstić information content (AvgIpc) is 3.25. The fourth-order valence-electron chi connectivity index (χ4n) is 3.92. The lowest BCUT2D eigenvalue weighted by Gasteiger charge is -2.30. The summed E-state index contributed by atoms with van der Waals surface area (Å²) in [6.45, 7) is 0. The molecule has 0 bridgehead atoms. The zero-order valence-corrected chi connectivity index (χ0v) is 14.6. The van der Waals surface area contributed by atoms with Crippen molar-refractivity contribution in [1.82, 2.24) is 5.32 Å². The van der Waals surface area contributed by atoms with Crippen LogP contribution in [0.3, 0.4) is 0 Å². The molecule has 3 heterocycles. The van der Waals surface area contributed by atoms with Crippen molar-refractivity contribution in [2.75, 3.05) is 5.32 Å². The molecule has 1 saturated heterocycles. The van der Waals surface area contributed by atoms with Gasteiger partial charge in [0.05, 0.1) is 4.88 Å². The van der Waals surface area contributed by atoms with E-state index in [4.69, 9.17) is 11.6 Å². The fourth-order valence-corrected chi connectivity index (χ4v) is 4.86. The molecule has 1 aromatic carbocycles. The maximum atomic E-state index is 13.5. The van der Waals surface area contributed by atoms with Crippen LogP contribution in [0.25, 0.3) is 0 Å². The quantitative estimate of drug-likeness (QED) is 0.747. The second-order valence-electron chi connectivity index (χ2n) is 6.34. The van der Waals surface area contributed by atoms with Gasteiger partial charge in [0.15, 0.2) is 6.29 Å². The summed E-state index contributed by atoms with van der Waals surface area (Å²) < 4.78 is 40.5. The van der Waals surface area contributed by atoms with Gasteiger partial charge in [-0.25, -0.2) is 0 Å². The first kappa shape index (κ1) is 17.5. The Labute approximate surface area is 155 Å². The van der Waals surface area contributed by atoms with Gasteiger partial charge in [-0.3, -0.25) is 14.9 Å². The molecular weight excluding hydrogens is 389 g/mol. The van der Waals surface area contributed by atoms with E-state index in [0.29, 0.717) is 33.0 Å². The number of thiophene rings is 1. The minimum Gasteiger partial charge on any atom is -0.324 e. The van der Waals surface area contributed by atoms with Crippen molar-refractivity contribution in [1.29, 1.82) is 0 Å². The predicted molar refractivity (Wildman–Crippen MR) is 91.8 cm³/mol. The van der Waals surface area contributed by atoms with Gasteiger partial charge in [-0.1, -0.05) is 11.6 Å². The van der Waals surface area contributed by atoms with E-state index in [1.165, 1.54) is 6.07 Å². The van der Waals surface area contributed by atoms with Crippen molar-refractivity contribution in [3.8, 4) is 0 Å². The molecule has 26 heavy (non-hydrogen) atoms. The standard InChI is InChI=1S/C17H12ClF3N2O2S/c18-8-1-2-12-11(5-8)16(15(25)22-12)10(6-14(23-16)17(19,20)21)9-3-4-26-13(9)7-24/h1-5,7,10,14,23H,6H2,(H,22,25)/t10-,14+,16-/m1/s1. The number of nitrogens with one attached hydrogen (secondary N) is 2. The fraction of sp³-hybridized carbons (Fsp3) is 0.294. The Morgan fingerprint density at radius 2 is 2.08 bits per heavy atom. The van der Waals surface area contributed by atoms with Gasteiger partial charge < -0.3 is 5.32 Å². The number of amides is 1. The minimum atomic E-state index is -4.53. The lowest BCUT2D eigenvalue weighted by Crippen LogP contribution is -2.51. The smallest absolute Gasteiger partial charge is 0.324 e. The van der Waals surface area contributed by atoms with Crippen molar-refractivity contribution < 1.29 is 22.8 Å². The number of aldehydes is 1. The number of carbonyl (C=O) groups excluding carboxylic acids is 2. The van der Waals surface area contributed by atoms with E-state index < -0.39 is 29.6 Å². The summed E-state index contributed by atoms with van der Waals surface area (Å²) in [4.78, 5) is 24.6. The molecule has 1 aromatic heterocycles. The SMILES string of the molecule is O=Cc1sccc1[C@H]1C[C@@H](C(F)(F)F)N[C@]12C(=O)Nc1ccc(Cl)cc12. The average molecular weight is 401 g/mol. The van der Waals surface area contributed by atoms with Crippen molar-refractivity contribution in [2.45, 2.75) is 30.1 Å². The summed E-state index contributed by atoms with van der Waals surface area (Å²) in [7, 11) is 0. The zero-order chi connectivity index (χ0) is 18.7. The van der Waals surface area contributed by atoms with Gasteiger partial charge in [0, 0.05) is 22.2 Å². The molecule has 0 radical (unpaired) electrons. The molecule has 1 amide bonds. The first-order valence-corrected chi connectivity index (χ1v) is 9.01. The number of carbonyl (C=O) groups is 2. The monoisotopic (exact) mass is 400 g/mol. The van der Waals surface area contributed by atoms with Gasteiger partial charge in [-0.2, -0.15) is 13.2 Å². The van der Waals surface area contributed by atoms with Crippen molar-refractivity contribution >= 4 is 40.8 Å². The Morgan fingerprint density at radius 3 is 2.77 bits per heavy atom. The van der Waals surface area contributed by atoms with E-state index in [0.717, 1.165) is 11.3 Å². The highest BCUT2D eigenvalue weighted by molar-refractivity contribution is 7.11. The number of rotatable bonds is 2. The highest BCUT2D eigenvalue weighted by Crippen LogP contribution is 2.54. The highest BCUT2D eigenvalue weighted by atomic mass is 35.5. The third-order valence-corrected chi connectivity index (χ3v) is 6.11. The minimum absolute atomic E-state index is 0.316. The molecule has 0 aliphatic carbocycles. The first-order valence-electron chi connectivity index (χ1n) is 7.76. The summed E-state index contributed by atoms with van der Waals surface area (Å²) in [5.74, 6) is -1.42. The van der Waals surface area contributed by atoms with Crippen LogP contribution in [0.5, 0.6) is 0 Å². The molecule has 4 nitrogen and oxygen atoms in total. The molecule has 1 spiro atoms. The molecule has 2 aromatic rings.